The van der Waals surface area contributed by atoms with E-state index in [4.69, 9.17) is 16.0 Å². The van der Waals surface area contributed by atoms with Crippen LogP contribution >= 0.6 is 11.6 Å². The Kier molecular flexibility index (Phi) is 5.48. The Labute approximate surface area is 156 Å². The third-order valence-corrected chi connectivity index (χ3v) is 6.36. The molecule has 3 rings (SSSR count). The summed E-state index contributed by atoms with van der Waals surface area (Å²) in [4.78, 5) is 14.1. The Hall–Kier alpha value is -2.12. The van der Waals surface area contributed by atoms with E-state index in [1.807, 2.05) is 0 Å². The molecule has 0 N–H and O–H groups in total. The highest BCUT2D eigenvalue weighted by atomic mass is 35.5. The average Bonchev–Trinajstić information content (AvgIpc) is 3.22. The summed E-state index contributed by atoms with van der Waals surface area (Å²) in [5, 5.41) is 0.193. The zero-order valence-corrected chi connectivity index (χ0v) is 15.3. The number of amides is 1. The molecule has 0 saturated carbocycles. The fourth-order valence-electron chi connectivity index (χ4n) is 2.90. The Balaban J connectivity index is 1.87. The number of benzene rings is 1. The SMILES string of the molecule is O=C(/C=C/c1ccco1)N(Cc1c(F)cccc1Cl)C1CCS(=O)(=O)C1. The van der Waals surface area contributed by atoms with Crippen LogP contribution in [0.3, 0.4) is 0 Å². The monoisotopic (exact) mass is 397 g/mol. The third kappa shape index (κ3) is 4.34. The summed E-state index contributed by atoms with van der Waals surface area (Å²) < 4.78 is 42.9. The maximum absolute atomic E-state index is 14.1. The molecule has 0 aliphatic carbocycles. The van der Waals surface area contributed by atoms with Crippen molar-refractivity contribution in [1.82, 2.24) is 4.90 Å². The summed E-state index contributed by atoms with van der Waals surface area (Å²) in [6.07, 6.45) is 4.57. The van der Waals surface area contributed by atoms with Gasteiger partial charge in [0.25, 0.3) is 0 Å². The Morgan fingerprint density at radius 1 is 1.35 bits per heavy atom. The highest BCUT2D eigenvalue weighted by Crippen LogP contribution is 2.25. The van der Waals surface area contributed by atoms with Gasteiger partial charge in [0.15, 0.2) is 9.84 Å². The summed E-state index contributed by atoms with van der Waals surface area (Å²) in [6.45, 7) is -0.104. The van der Waals surface area contributed by atoms with Crippen molar-refractivity contribution in [2.45, 2.75) is 19.0 Å². The molecule has 2 heterocycles. The summed E-state index contributed by atoms with van der Waals surface area (Å²) in [7, 11) is -3.21. The van der Waals surface area contributed by atoms with E-state index >= 15 is 0 Å². The number of rotatable bonds is 5. The molecule has 0 spiro atoms. The molecule has 1 aromatic carbocycles. The predicted octanol–water partition coefficient (Wildman–Crippen LogP) is 3.30. The molecular weight excluding hydrogens is 381 g/mol. The van der Waals surface area contributed by atoms with E-state index in [2.05, 4.69) is 0 Å². The zero-order chi connectivity index (χ0) is 18.7. The lowest BCUT2D eigenvalue weighted by Crippen LogP contribution is -2.40. The fourth-order valence-corrected chi connectivity index (χ4v) is 4.85. The molecule has 1 aliphatic rings. The lowest BCUT2D eigenvalue weighted by atomic mass is 10.1. The number of sulfone groups is 1. The van der Waals surface area contributed by atoms with Gasteiger partial charge >= 0.3 is 0 Å². The molecule has 26 heavy (non-hydrogen) atoms. The van der Waals surface area contributed by atoms with Gasteiger partial charge in [0.2, 0.25) is 5.91 Å². The minimum Gasteiger partial charge on any atom is -0.465 e. The van der Waals surface area contributed by atoms with Crippen LogP contribution in [0.25, 0.3) is 6.08 Å². The second kappa shape index (κ2) is 7.63. The smallest absolute Gasteiger partial charge is 0.247 e. The van der Waals surface area contributed by atoms with Crippen LogP contribution in [0, 0.1) is 5.82 Å². The van der Waals surface area contributed by atoms with E-state index in [-0.39, 0.29) is 28.6 Å². The van der Waals surface area contributed by atoms with Gasteiger partial charge in [-0.05, 0) is 36.8 Å². The predicted molar refractivity (Wildman–Crippen MR) is 96.8 cm³/mol. The van der Waals surface area contributed by atoms with Crippen molar-refractivity contribution in [1.29, 1.82) is 0 Å². The molecule has 1 atom stereocenters. The van der Waals surface area contributed by atoms with Crippen molar-refractivity contribution < 1.29 is 22.0 Å². The van der Waals surface area contributed by atoms with Gasteiger partial charge in [0, 0.05) is 22.7 Å². The molecule has 138 valence electrons. The van der Waals surface area contributed by atoms with Crippen LogP contribution in [0.5, 0.6) is 0 Å². The highest BCUT2D eigenvalue weighted by Gasteiger charge is 2.34. The molecule has 1 saturated heterocycles. The molecule has 5 nitrogen and oxygen atoms in total. The summed E-state index contributed by atoms with van der Waals surface area (Å²) in [6, 6.07) is 7.11. The van der Waals surface area contributed by atoms with Gasteiger partial charge in [-0.15, -0.1) is 0 Å². The van der Waals surface area contributed by atoms with Gasteiger partial charge in [-0.2, -0.15) is 0 Å². The second-order valence-electron chi connectivity index (χ2n) is 6.07. The lowest BCUT2D eigenvalue weighted by Gasteiger charge is -2.27. The minimum absolute atomic E-state index is 0.00828. The van der Waals surface area contributed by atoms with Crippen LogP contribution in [0.1, 0.15) is 17.7 Å². The number of hydrogen-bond acceptors (Lipinski definition) is 4. The molecule has 0 radical (unpaired) electrons. The van der Waals surface area contributed by atoms with Gasteiger partial charge < -0.3 is 9.32 Å². The van der Waals surface area contributed by atoms with E-state index in [0.717, 1.165) is 0 Å². The summed E-state index contributed by atoms with van der Waals surface area (Å²) >= 11 is 6.07. The highest BCUT2D eigenvalue weighted by molar-refractivity contribution is 7.91. The van der Waals surface area contributed by atoms with Crippen LogP contribution < -0.4 is 0 Å². The van der Waals surface area contributed by atoms with Crippen molar-refractivity contribution in [2.75, 3.05) is 11.5 Å². The van der Waals surface area contributed by atoms with Crippen LogP contribution in [0.15, 0.2) is 47.1 Å². The second-order valence-corrected chi connectivity index (χ2v) is 8.71. The van der Waals surface area contributed by atoms with Gasteiger partial charge in [-0.25, -0.2) is 12.8 Å². The first-order chi connectivity index (χ1) is 12.4. The van der Waals surface area contributed by atoms with Crippen molar-refractivity contribution in [3.05, 3.63) is 64.8 Å². The molecule has 2 aromatic rings. The van der Waals surface area contributed by atoms with Gasteiger partial charge in [0.1, 0.15) is 11.6 Å². The molecular formula is C18H17ClFNO4S. The first kappa shape index (κ1) is 18.7. The number of carbonyl (C=O) groups is 1. The summed E-state index contributed by atoms with van der Waals surface area (Å²) in [5.41, 5.74) is 0.165. The van der Waals surface area contributed by atoms with Gasteiger partial charge in [-0.1, -0.05) is 17.7 Å². The van der Waals surface area contributed by atoms with E-state index < -0.39 is 27.6 Å². The molecule has 1 fully saturated rings. The Bertz CT molecular complexity index is 904. The topological polar surface area (TPSA) is 67.6 Å². The van der Waals surface area contributed by atoms with E-state index in [9.17, 15) is 17.6 Å². The van der Waals surface area contributed by atoms with Gasteiger partial charge in [0.05, 0.1) is 24.3 Å². The minimum atomic E-state index is -3.21. The first-order valence-corrected chi connectivity index (χ1v) is 10.2. The fraction of sp³-hybridized carbons (Fsp3) is 0.278. The quantitative estimate of drug-likeness (QED) is 0.726. The van der Waals surface area contributed by atoms with Crippen LogP contribution in [-0.2, 0) is 21.2 Å². The standard InChI is InChI=1S/C18H17ClFNO4S/c19-16-4-1-5-17(20)15(16)11-21(13-8-10-26(23,24)12-13)18(22)7-6-14-3-2-9-25-14/h1-7,9,13H,8,10-12H2/b7-6+. The van der Waals surface area contributed by atoms with Crippen molar-refractivity contribution >= 4 is 33.4 Å². The number of furan rings is 1. The molecule has 1 aliphatic heterocycles. The molecule has 0 bridgehead atoms. The summed E-state index contributed by atoms with van der Waals surface area (Å²) in [5.74, 6) is -0.608. The van der Waals surface area contributed by atoms with Crippen LogP contribution in [0.4, 0.5) is 4.39 Å². The van der Waals surface area contributed by atoms with Crippen molar-refractivity contribution in [3.63, 3.8) is 0 Å². The maximum Gasteiger partial charge on any atom is 0.247 e. The number of hydrogen-bond donors (Lipinski definition) is 0. The molecule has 1 amide bonds. The Morgan fingerprint density at radius 2 is 2.15 bits per heavy atom. The van der Waals surface area contributed by atoms with Crippen LogP contribution in [-0.4, -0.2) is 36.8 Å². The van der Waals surface area contributed by atoms with E-state index in [1.54, 1.807) is 12.1 Å². The first-order valence-electron chi connectivity index (χ1n) is 8.01. The van der Waals surface area contributed by atoms with Gasteiger partial charge in [-0.3, -0.25) is 4.79 Å². The van der Waals surface area contributed by atoms with E-state index in [1.165, 1.54) is 41.5 Å². The number of carbonyl (C=O) groups excluding carboxylic acids is 1. The molecule has 1 aromatic heterocycles. The Morgan fingerprint density at radius 3 is 2.77 bits per heavy atom. The van der Waals surface area contributed by atoms with Crippen molar-refractivity contribution in [3.8, 4) is 0 Å². The number of halogens is 2. The normalized spacial score (nSPS) is 19.1. The molecule has 1 unspecified atom stereocenters. The lowest BCUT2D eigenvalue weighted by molar-refractivity contribution is -0.128. The largest absolute Gasteiger partial charge is 0.465 e. The number of nitrogens with zero attached hydrogens (tertiary/aromatic N) is 1. The van der Waals surface area contributed by atoms with Crippen LogP contribution in [0.2, 0.25) is 5.02 Å². The van der Waals surface area contributed by atoms with Crippen molar-refractivity contribution in [2.24, 2.45) is 0 Å². The third-order valence-electron chi connectivity index (χ3n) is 4.26. The maximum atomic E-state index is 14.1. The zero-order valence-electron chi connectivity index (χ0n) is 13.8. The average molecular weight is 398 g/mol. The molecule has 8 heteroatoms. The van der Waals surface area contributed by atoms with E-state index in [0.29, 0.717) is 12.2 Å².